The average molecular weight is 1290 g/mol. The molecule has 15 nitrogen and oxygen atoms in total. The first kappa shape index (κ1) is 76.5. The molecule has 4 aromatic carbocycles. The van der Waals surface area contributed by atoms with E-state index >= 15 is 0 Å². The Labute approximate surface area is 542 Å². The smallest absolute Gasteiger partial charge is 0.857 e. The van der Waals surface area contributed by atoms with Crippen LogP contribution in [-0.2, 0) is 52.9 Å². The molecular weight excluding hydrogens is 1210 g/mol. The fourth-order valence-electron chi connectivity index (χ4n) is 11.0. The van der Waals surface area contributed by atoms with Crippen molar-refractivity contribution < 1.29 is 81.6 Å². The van der Waals surface area contributed by atoms with Crippen LogP contribution in [0.15, 0.2) is 101 Å². The van der Waals surface area contributed by atoms with E-state index in [9.17, 15) is 32.4 Å². The van der Waals surface area contributed by atoms with Crippen LogP contribution in [0.4, 0.5) is 0 Å². The summed E-state index contributed by atoms with van der Waals surface area (Å²) in [6.45, 7) is 19.9. The summed E-state index contributed by atoms with van der Waals surface area (Å²) in [5.41, 5.74) is 1.37. The van der Waals surface area contributed by atoms with Crippen molar-refractivity contribution in [1.82, 2.24) is 9.80 Å². The third-order valence-electron chi connectivity index (χ3n) is 15.6. The molecule has 0 saturated carbocycles. The number of piperidine rings is 2. The zero-order valence-electron chi connectivity index (χ0n) is 51.5. The Kier molecular flexibility index (Phi) is 30.7. The van der Waals surface area contributed by atoms with E-state index in [4.69, 9.17) is 70.9 Å². The summed E-state index contributed by atoms with van der Waals surface area (Å²) in [6, 6.07) is 27.8. The van der Waals surface area contributed by atoms with E-state index in [0.29, 0.717) is 32.9 Å². The molecule has 6 rings (SSSR count). The van der Waals surface area contributed by atoms with E-state index in [0.717, 1.165) is 36.5 Å². The number of rotatable bonds is 18. The normalized spacial score (nSPS) is 22.5. The van der Waals surface area contributed by atoms with Crippen LogP contribution < -0.4 is 34.7 Å². The average Bonchev–Trinajstić information content (AvgIpc) is 0.929. The van der Waals surface area contributed by atoms with Gasteiger partial charge in [0.2, 0.25) is 11.8 Å². The largest absolute Gasteiger partial charge is 1.00 e. The van der Waals surface area contributed by atoms with Crippen LogP contribution in [0.3, 0.4) is 0 Å². The first-order valence-corrected chi connectivity index (χ1v) is 32.5. The summed E-state index contributed by atoms with van der Waals surface area (Å²) in [5, 5.41) is 16.7. The zero-order valence-corrected chi connectivity index (χ0v) is 58.1. The monoisotopic (exact) mass is 1290 g/mol. The summed E-state index contributed by atoms with van der Waals surface area (Å²) in [5.74, 6) is -2.65. The number of likely N-dealkylation sites (tertiary alicyclic amines) is 2. The van der Waals surface area contributed by atoms with Crippen molar-refractivity contribution in [3.8, 4) is 0 Å². The molecule has 0 bridgehead atoms. The van der Waals surface area contributed by atoms with Gasteiger partial charge in [-0.05, 0) is 95.5 Å². The molecule has 4 aromatic rings. The summed E-state index contributed by atoms with van der Waals surface area (Å²) in [7, 11) is -1.68. The Morgan fingerprint density at radius 2 is 0.964 bits per heavy atom. The summed E-state index contributed by atoms with van der Waals surface area (Å²) >= 11 is 25.4. The summed E-state index contributed by atoms with van der Waals surface area (Å²) < 4.78 is 50.4. The second-order valence-corrected chi connectivity index (χ2v) is 30.2. The van der Waals surface area contributed by atoms with Crippen molar-refractivity contribution in [2.45, 2.75) is 148 Å². The van der Waals surface area contributed by atoms with E-state index in [1.807, 2.05) is 93.3 Å². The Balaban J connectivity index is 0.000000537. The van der Waals surface area contributed by atoms with Crippen LogP contribution in [-0.4, -0.2) is 116 Å². The fraction of sp³-hybridized carbons (Fsp3) is 0.532. The molecule has 2 unspecified atom stereocenters. The molecule has 460 valence electrons. The van der Waals surface area contributed by atoms with Crippen LogP contribution in [0.1, 0.15) is 148 Å². The number of carbonyl (C=O) groups excluding carboxylic acids is 5. The van der Waals surface area contributed by atoms with Crippen molar-refractivity contribution >= 4 is 95.5 Å². The van der Waals surface area contributed by atoms with E-state index < -0.39 is 77.6 Å². The van der Waals surface area contributed by atoms with Crippen molar-refractivity contribution in [3.05, 3.63) is 139 Å². The first-order valence-electron chi connectivity index (χ1n) is 27.5. The van der Waals surface area contributed by atoms with Gasteiger partial charge in [-0.25, -0.2) is 8.42 Å². The van der Waals surface area contributed by atoms with E-state index in [1.54, 1.807) is 82.8 Å². The minimum atomic E-state index is -3.04. The predicted octanol–water partition coefficient (Wildman–Crippen LogP) is 9.76. The van der Waals surface area contributed by atoms with Gasteiger partial charge in [-0.15, -0.1) is 0 Å². The van der Waals surface area contributed by atoms with Gasteiger partial charge >= 0.3 is 41.5 Å². The second-order valence-electron chi connectivity index (χ2n) is 22.9. The van der Waals surface area contributed by atoms with E-state index in [1.165, 1.54) is 21.1 Å². The first-order chi connectivity index (χ1) is 38.8. The number of aliphatic hydroxyl groups is 1. The molecule has 0 radical (unpaired) electrons. The third kappa shape index (κ3) is 19.5. The Morgan fingerprint density at radius 3 is 1.25 bits per heavy atom. The van der Waals surface area contributed by atoms with Gasteiger partial charge in [0, 0.05) is 78.3 Å². The summed E-state index contributed by atoms with van der Waals surface area (Å²) in [6.07, 6.45) is 0.531. The molecule has 0 aromatic heterocycles. The number of benzene rings is 4. The minimum absolute atomic E-state index is 0. The number of methoxy groups -OCH3 is 2. The molecule has 2 fully saturated rings. The Bertz CT molecular complexity index is 3090. The number of aliphatic hydroxyl groups excluding tert-OH is 1. The molecular formula is C62H85Cl4N4NaO11S2. The van der Waals surface area contributed by atoms with Crippen molar-refractivity contribution in [2.24, 2.45) is 27.0 Å². The molecule has 2 saturated heterocycles. The van der Waals surface area contributed by atoms with Gasteiger partial charge in [-0.3, -0.25) is 28.8 Å². The molecule has 2 N–H and O–H groups in total. The molecule has 2 aliphatic heterocycles. The summed E-state index contributed by atoms with van der Waals surface area (Å²) in [4.78, 5) is 70.1. The number of esters is 2. The fourth-order valence-corrected chi connectivity index (χ4v) is 15.3. The standard InChI is InChI=1S/C31H40Cl2N2O5S.C29H38Cl2N2O4S.CH4O.CH3O.Na/c1-19(2)27(18-41(39,20(3)4)34-21(5)36)35-29(22-11-13-24(32)14-12-22)26(23-9-8-10-25(33)15-23)16-31(6,30(35)38)17-28(37)40-7;1-18(2)25(17-38(32,36)19(3)4)33-27(20-10-12-22(30)13-11-20)24(21-8-7-9-23(31)14-21)15-29(5,28(33)35)16-26(34)37-6;2*1-2;/h8-15,19-20,26-27,29H,16-18H2,1-7H3;7-14,18-19,24-25,27,32H,15-17H2,1-6H3;2H,1H3;1H3;/q;;;-1;+1/t26-,27-,29-,31-,41?;24-,25-,27-,29-,38?;;;/m11.../s1. The van der Waals surface area contributed by atoms with Crippen LogP contribution in [0.5, 0.6) is 0 Å². The predicted molar refractivity (Wildman–Crippen MR) is 333 cm³/mol. The number of carbonyl (C=O) groups is 5. The quantitative estimate of drug-likeness (QED) is 0.0704. The molecule has 22 heteroatoms. The van der Waals surface area contributed by atoms with Gasteiger partial charge in [0.05, 0.1) is 71.2 Å². The number of ether oxygens (including phenoxy) is 2. The van der Waals surface area contributed by atoms with Crippen molar-refractivity contribution in [1.29, 1.82) is 4.78 Å². The minimum Gasteiger partial charge on any atom is -0.857 e. The molecule has 0 aliphatic carbocycles. The van der Waals surface area contributed by atoms with Crippen LogP contribution in [0, 0.1) is 27.4 Å². The Hall–Kier alpha value is -3.59. The molecule has 2 aliphatic rings. The van der Waals surface area contributed by atoms with Gasteiger partial charge in [0.1, 0.15) is 0 Å². The maximum Gasteiger partial charge on any atom is 1.00 e. The number of halogens is 4. The molecule has 84 heavy (non-hydrogen) atoms. The van der Waals surface area contributed by atoms with E-state index in [2.05, 4.69) is 4.36 Å². The number of hydrogen-bond donors (Lipinski definition) is 2. The topological polar surface area (TPSA) is 224 Å². The molecule has 2 heterocycles. The molecule has 3 amide bonds. The Morgan fingerprint density at radius 1 is 0.619 bits per heavy atom. The second kappa shape index (κ2) is 33.7. The maximum atomic E-state index is 14.7. The number of nitrogens with one attached hydrogen (secondary N) is 1. The van der Waals surface area contributed by atoms with Crippen molar-refractivity contribution in [2.75, 3.05) is 39.9 Å². The van der Waals surface area contributed by atoms with Crippen molar-refractivity contribution in [3.63, 3.8) is 0 Å². The number of hydrogen-bond acceptors (Lipinski definition) is 12. The maximum absolute atomic E-state index is 14.7. The molecule has 10 atom stereocenters. The zero-order chi connectivity index (χ0) is 63.1. The SMILES string of the molecule is CO.COC(=O)C[C@@]1(C)C[C@H](c2cccc(Cl)c2)[C@@H](c2ccc(Cl)cc2)N([C@H](CS(=N)(=O)C(C)C)C(C)C)C1=O.COC(=O)C[C@@]1(C)C[C@H](c2cccc(Cl)c2)[C@@H](c2ccc(Cl)cc2)N([C@H](CS(=O)(=NC(C)=O)C(C)C)C(C)C)C1=O.C[O-].[Na+]. The number of amides is 3. The van der Waals surface area contributed by atoms with Gasteiger partial charge in [0.15, 0.2) is 0 Å². The van der Waals surface area contributed by atoms with Gasteiger partial charge in [0.25, 0.3) is 5.91 Å². The van der Waals surface area contributed by atoms with Crippen LogP contribution >= 0.6 is 46.4 Å². The molecule has 0 spiro atoms. The third-order valence-corrected chi connectivity index (χ3v) is 21.8. The van der Waals surface area contributed by atoms with E-state index in [-0.39, 0.29) is 94.6 Å². The van der Waals surface area contributed by atoms with Gasteiger partial charge in [-0.2, -0.15) is 11.5 Å². The van der Waals surface area contributed by atoms with Gasteiger partial charge in [-0.1, -0.05) is 164 Å². The van der Waals surface area contributed by atoms with Crippen LogP contribution in [0.25, 0.3) is 0 Å². The van der Waals surface area contributed by atoms with Crippen LogP contribution in [0.2, 0.25) is 20.1 Å². The van der Waals surface area contributed by atoms with Gasteiger partial charge < -0.3 is 29.5 Å². The number of nitrogens with zero attached hydrogens (tertiary/aromatic N) is 3.